The number of carbonyl (C=O) groups is 1. The minimum atomic E-state index is -0.277. The number of furan rings is 1. The maximum absolute atomic E-state index is 12.1. The van der Waals surface area contributed by atoms with Gasteiger partial charge in [0.1, 0.15) is 5.82 Å². The average Bonchev–Trinajstić information content (AvgIpc) is 3.29. The van der Waals surface area contributed by atoms with Gasteiger partial charge in [-0.2, -0.15) is 5.10 Å². The van der Waals surface area contributed by atoms with E-state index in [1.807, 2.05) is 0 Å². The number of aromatic nitrogens is 4. The first-order valence-corrected chi connectivity index (χ1v) is 10.5. The van der Waals surface area contributed by atoms with E-state index in [4.69, 9.17) is 9.15 Å². The molecule has 0 aromatic carbocycles. The van der Waals surface area contributed by atoms with Crippen LogP contribution in [0.2, 0.25) is 0 Å². The summed E-state index contributed by atoms with van der Waals surface area (Å²) in [5.74, 6) is 1.58. The maximum Gasteiger partial charge on any atom is 0.287 e. The number of hydrogen-bond acceptors (Lipinski definition) is 8. The summed E-state index contributed by atoms with van der Waals surface area (Å²) in [7, 11) is 1.66. The van der Waals surface area contributed by atoms with Gasteiger partial charge in [-0.15, -0.1) is 0 Å². The zero-order valence-electron chi connectivity index (χ0n) is 15.6. The summed E-state index contributed by atoms with van der Waals surface area (Å²) >= 11 is 4.75. The van der Waals surface area contributed by atoms with Gasteiger partial charge in [0.2, 0.25) is 0 Å². The van der Waals surface area contributed by atoms with Crippen LogP contribution in [-0.2, 0) is 11.3 Å². The molecule has 1 amide bonds. The number of carbonyl (C=O) groups excluding carboxylic acids is 1. The first-order valence-electron chi connectivity index (χ1n) is 8.75. The highest BCUT2D eigenvalue weighted by atomic mass is 79.9. The van der Waals surface area contributed by atoms with Crippen molar-refractivity contribution in [3.05, 3.63) is 28.8 Å². The van der Waals surface area contributed by atoms with E-state index in [0.717, 1.165) is 22.6 Å². The number of hydrogen-bond donors (Lipinski definition) is 2. The number of nitrogens with zero attached hydrogens (tertiary/aromatic N) is 4. The monoisotopic (exact) mass is 468 g/mol. The Kier molecular flexibility index (Phi) is 7.29. The number of ether oxygens (including phenoxy) is 1. The molecule has 0 aliphatic carbocycles. The number of anilines is 1. The molecule has 150 valence electrons. The third kappa shape index (κ3) is 5.03. The smallest absolute Gasteiger partial charge is 0.287 e. The topological polar surface area (TPSA) is 107 Å². The standard InChI is InChI=1S/C17H21BrN6O3S/c1-3-28-17-22-14(19-7-9-26-2)11-10-21-24(15(11)23-17)8-6-20-16(25)12-4-5-13(18)27-12/h4-5,10H,3,6-9H2,1-2H3,(H,20,25)(H,19,22,23). The minimum Gasteiger partial charge on any atom is -0.444 e. The Hall–Kier alpha value is -2.11. The molecule has 0 unspecified atom stereocenters. The Morgan fingerprint density at radius 2 is 2.21 bits per heavy atom. The highest BCUT2D eigenvalue weighted by Gasteiger charge is 2.14. The van der Waals surface area contributed by atoms with Crippen molar-refractivity contribution in [2.75, 3.05) is 37.9 Å². The number of rotatable bonds is 10. The lowest BCUT2D eigenvalue weighted by Crippen LogP contribution is -2.27. The van der Waals surface area contributed by atoms with E-state index in [9.17, 15) is 4.79 Å². The SMILES string of the molecule is CCSc1nc(NCCOC)c2cnn(CCNC(=O)c3ccc(Br)o3)c2n1. The molecule has 0 saturated heterocycles. The van der Waals surface area contributed by atoms with Gasteiger partial charge in [-0.3, -0.25) is 4.79 Å². The summed E-state index contributed by atoms with van der Waals surface area (Å²) in [6, 6.07) is 3.29. The molecule has 3 aromatic heterocycles. The molecule has 0 spiro atoms. The zero-order chi connectivity index (χ0) is 19.9. The lowest BCUT2D eigenvalue weighted by molar-refractivity contribution is 0.0923. The van der Waals surface area contributed by atoms with Crippen LogP contribution in [0, 0.1) is 0 Å². The lowest BCUT2D eigenvalue weighted by atomic mass is 10.4. The molecule has 0 saturated carbocycles. The third-order valence-corrected chi connectivity index (χ3v) is 4.91. The van der Waals surface area contributed by atoms with Gasteiger partial charge in [-0.1, -0.05) is 18.7 Å². The van der Waals surface area contributed by atoms with E-state index in [1.54, 1.807) is 41.9 Å². The van der Waals surface area contributed by atoms with Crippen molar-refractivity contribution in [2.45, 2.75) is 18.6 Å². The van der Waals surface area contributed by atoms with Crippen molar-refractivity contribution in [3.63, 3.8) is 0 Å². The lowest BCUT2D eigenvalue weighted by Gasteiger charge is -2.09. The van der Waals surface area contributed by atoms with Crippen molar-refractivity contribution < 1.29 is 13.9 Å². The van der Waals surface area contributed by atoms with Crippen LogP contribution in [-0.4, -0.2) is 58.2 Å². The van der Waals surface area contributed by atoms with Crippen molar-refractivity contribution in [2.24, 2.45) is 0 Å². The summed E-state index contributed by atoms with van der Waals surface area (Å²) in [6.45, 7) is 4.13. The van der Waals surface area contributed by atoms with Crippen LogP contribution in [0.15, 0.2) is 32.6 Å². The van der Waals surface area contributed by atoms with Gasteiger partial charge >= 0.3 is 0 Å². The van der Waals surface area contributed by atoms with Crippen molar-refractivity contribution >= 4 is 50.5 Å². The van der Waals surface area contributed by atoms with Crippen LogP contribution >= 0.6 is 27.7 Å². The van der Waals surface area contributed by atoms with Crippen molar-refractivity contribution in [3.8, 4) is 0 Å². The summed E-state index contributed by atoms with van der Waals surface area (Å²) in [4.78, 5) is 21.3. The third-order valence-electron chi connectivity index (χ3n) is 3.75. The Labute approximate surface area is 174 Å². The summed E-state index contributed by atoms with van der Waals surface area (Å²) in [6.07, 6.45) is 1.73. The van der Waals surface area contributed by atoms with Crippen LogP contribution in [0.3, 0.4) is 0 Å². The number of halogens is 1. The van der Waals surface area contributed by atoms with Crippen LogP contribution < -0.4 is 10.6 Å². The quantitative estimate of drug-likeness (QED) is 0.265. The summed E-state index contributed by atoms with van der Waals surface area (Å²) in [5.41, 5.74) is 0.723. The Bertz CT molecular complexity index is 944. The molecule has 0 bridgehead atoms. The minimum absolute atomic E-state index is 0.255. The number of thioether (sulfide) groups is 1. The van der Waals surface area contributed by atoms with Crippen LogP contribution in [0.4, 0.5) is 5.82 Å². The Morgan fingerprint density at radius 1 is 1.36 bits per heavy atom. The summed E-state index contributed by atoms with van der Waals surface area (Å²) in [5, 5.41) is 12.0. The normalized spacial score (nSPS) is 11.1. The highest BCUT2D eigenvalue weighted by Crippen LogP contribution is 2.24. The van der Waals surface area contributed by atoms with E-state index < -0.39 is 0 Å². The fourth-order valence-electron chi connectivity index (χ4n) is 2.50. The van der Waals surface area contributed by atoms with Gasteiger partial charge in [-0.05, 0) is 33.8 Å². The van der Waals surface area contributed by atoms with Gasteiger partial charge in [0.15, 0.2) is 21.2 Å². The fraction of sp³-hybridized carbons (Fsp3) is 0.412. The number of nitrogens with one attached hydrogen (secondary N) is 2. The van der Waals surface area contributed by atoms with Crippen LogP contribution in [0.1, 0.15) is 17.5 Å². The molecule has 0 aliphatic heterocycles. The Morgan fingerprint density at radius 3 is 2.93 bits per heavy atom. The molecular formula is C17H21BrN6O3S. The molecular weight excluding hydrogens is 448 g/mol. The number of methoxy groups -OCH3 is 1. The molecule has 9 nitrogen and oxygen atoms in total. The van der Waals surface area contributed by atoms with E-state index >= 15 is 0 Å². The first kappa shape index (κ1) is 20.6. The molecule has 0 aliphatic rings. The number of amides is 1. The van der Waals surface area contributed by atoms with Gasteiger partial charge in [-0.25, -0.2) is 14.6 Å². The second-order valence-corrected chi connectivity index (χ2v) is 7.68. The largest absolute Gasteiger partial charge is 0.444 e. The van der Waals surface area contributed by atoms with E-state index in [0.29, 0.717) is 36.1 Å². The molecule has 28 heavy (non-hydrogen) atoms. The van der Waals surface area contributed by atoms with Gasteiger partial charge in [0.25, 0.3) is 5.91 Å². The second-order valence-electron chi connectivity index (χ2n) is 5.67. The molecule has 11 heteroatoms. The van der Waals surface area contributed by atoms with Gasteiger partial charge in [0.05, 0.1) is 24.7 Å². The van der Waals surface area contributed by atoms with Crippen molar-refractivity contribution in [1.82, 2.24) is 25.1 Å². The van der Waals surface area contributed by atoms with Crippen LogP contribution in [0.25, 0.3) is 11.0 Å². The highest BCUT2D eigenvalue weighted by molar-refractivity contribution is 9.10. The molecule has 0 fully saturated rings. The molecule has 0 radical (unpaired) electrons. The van der Waals surface area contributed by atoms with Gasteiger partial charge in [0, 0.05) is 20.2 Å². The maximum atomic E-state index is 12.1. The predicted octanol–water partition coefficient (Wildman–Crippen LogP) is 2.78. The molecule has 3 rings (SSSR count). The van der Waals surface area contributed by atoms with Crippen molar-refractivity contribution in [1.29, 1.82) is 0 Å². The first-order chi connectivity index (χ1) is 13.6. The summed E-state index contributed by atoms with van der Waals surface area (Å²) < 4.78 is 12.6. The van der Waals surface area contributed by atoms with Gasteiger partial charge < -0.3 is 19.8 Å². The van der Waals surface area contributed by atoms with E-state index in [2.05, 4.69) is 48.6 Å². The fourth-order valence-corrected chi connectivity index (χ4v) is 3.37. The Balaban J connectivity index is 1.72. The van der Waals surface area contributed by atoms with Crippen LogP contribution in [0.5, 0.6) is 0 Å². The predicted molar refractivity (Wildman–Crippen MR) is 111 cm³/mol. The van der Waals surface area contributed by atoms with E-state index in [-0.39, 0.29) is 11.7 Å². The zero-order valence-corrected chi connectivity index (χ0v) is 18.0. The van der Waals surface area contributed by atoms with E-state index in [1.165, 1.54) is 0 Å². The molecule has 0 atom stereocenters. The average molecular weight is 469 g/mol. The second kappa shape index (κ2) is 9.89. The number of fused-ring (bicyclic) bond motifs is 1. The molecule has 3 heterocycles. The molecule has 2 N–H and O–H groups in total. The molecule has 3 aromatic rings.